The number of carboxylic acids is 1. The van der Waals surface area contributed by atoms with Gasteiger partial charge in [0.25, 0.3) is 5.91 Å². The van der Waals surface area contributed by atoms with Crippen molar-refractivity contribution in [2.45, 2.75) is 39.0 Å². The van der Waals surface area contributed by atoms with Gasteiger partial charge in [-0.25, -0.2) is 4.79 Å². The van der Waals surface area contributed by atoms with Gasteiger partial charge >= 0.3 is 5.97 Å². The largest absolute Gasteiger partial charge is 0.478 e. The lowest BCUT2D eigenvalue weighted by atomic mass is 9.99. The van der Waals surface area contributed by atoms with Crippen molar-refractivity contribution >= 4 is 40.8 Å². The molecule has 0 saturated carbocycles. The summed E-state index contributed by atoms with van der Waals surface area (Å²) < 4.78 is 6.18. The highest BCUT2D eigenvalue weighted by Gasteiger charge is 2.41. The normalized spacial score (nSPS) is 19.9. The van der Waals surface area contributed by atoms with Gasteiger partial charge in [-0.15, -0.1) is 0 Å². The van der Waals surface area contributed by atoms with E-state index in [-0.39, 0.29) is 11.6 Å². The topological polar surface area (TPSA) is 66.8 Å². The van der Waals surface area contributed by atoms with Crippen LogP contribution in [-0.4, -0.2) is 29.1 Å². The summed E-state index contributed by atoms with van der Waals surface area (Å²) in [5.41, 5.74) is 1.76. The number of hydrogen-bond acceptors (Lipinski definition) is 3. The molecule has 7 heteroatoms. The number of allylic oxidation sites excluding steroid dienone is 1. The van der Waals surface area contributed by atoms with Crippen LogP contribution in [0.5, 0.6) is 0 Å². The zero-order valence-corrected chi connectivity index (χ0v) is 17.7. The van der Waals surface area contributed by atoms with Crippen LogP contribution in [-0.2, 0) is 14.3 Å². The molecule has 0 aliphatic carbocycles. The van der Waals surface area contributed by atoms with Crippen LogP contribution in [0.4, 0.5) is 5.69 Å². The van der Waals surface area contributed by atoms with E-state index in [9.17, 15) is 14.7 Å². The van der Waals surface area contributed by atoms with Gasteiger partial charge < -0.3 is 14.7 Å². The Morgan fingerprint density at radius 3 is 2.45 bits per heavy atom. The maximum Gasteiger partial charge on any atom is 0.334 e. The smallest absolute Gasteiger partial charge is 0.334 e. The van der Waals surface area contributed by atoms with E-state index in [1.54, 1.807) is 48.2 Å². The molecule has 152 valence electrons. The first-order chi connectivity index (χ1) is 13.8. The summed E-state index contributed by atoms with van der Waals surface area (Å²) in [6.07, 6.45) is -0.688. The van der Waals surface area contributed by atoms with E-state index < -0.39 is 24.1 Å². The maximum absolute atomic E-state index is 13.4. The molecule has 1 N–H and O–H groups in total. The van der Waals surface area contributed by atoms with Gasteiger partial charge in [0.15, 0.2) is 6.10 Å². The van der Waals surface area contributed by atoms with Crippen LogP contribution in [0.1, 0.15) is 38.0 Å². The zero-order valence-electron chi connectivity index (χ0n) is 16.2. The van der Waals surface area contributed by atoms with Crippen molar-refractivity contribution in [3.05, 3.63) is 75.3 Å². The lowest BCUT2D eigenvalue weighted by Gasteiger charge is -2.29. The summed E-state index contributed by atoms with van der Waals surface area (Å²) in [6, 6.07) is 12.1. The summed E-state index contributed by atoms with van der Waals surface area (Å²) in [7, 11) is 0. The molecule has 3 rings (SSSR count). The number of amides is 1. The van der Waals surface area contributed by atoms with E-state index in [0.717, 1.165) is 0 Å². The van der Waals surface area contributed by atoms with Crippen LogP contribution in [0.3, 0.4) is 0 Å². The highest BCUT2D eigenvalue weighted by atomic mass is 35.5. The van der Waals surface area contributed by atoms with Crippen LogP contribution in [0.25, 0.3) is 0 Å². The number of carboxylic acid groups (broad SMARTS) is 1. The Balaban J connectivity index is 2.30. The van der Waals surface area contributed by atoms with Gasteiger partial charge in [-0.1, -0.05) is 47.5 Å². The number of aliphatic carboxylic acids is 1. The van der Waals surface area contributed by atoms with Crippen molar-refractivity contribution < 1.29 is 19.4 Å². The Morgan fingerprint density at radius 1 is 1.17 bits per heavy atom. The molecular formula is C22H21Cl2NO4. The summed E-state index contributed by atoms with van der Waals surface area (Å²) in [6.45, 7) is 5.29. The van der Waals surface area contributed by atoms with Crippen molar-refractivity contribution in [2.24, 2.45) is 0 Å². The van der Waals surface area contributed by atoms with Crippen molar-refractivity contribution in [1.82, 2.24) is 0 Å². The van der Waals surface area contributed by atoms with Gasteiger partial charge in [-0.2, -0.15) is 0 Å². The molecule has 0 saturated heterocycles. The minimum Gasteiger partial charge on any atom is -0.478 e. The third-order valence-corrected chi connectivity index (χ3v) is 5.39. The first kappa shape index (κ1) is 21.4. The molecular weight excluding hydrogens is 413 g/mol. The Kier molecular flexibility index (Phi) is 6.32. The number of benzene rings is 2. The Labute approximate surface area is 179 Å². The van der Waals surface area contributed by atoms with Gasteiger partial charge in [0.1, 0.15) is 6.10 Å². The Hall–Kier alpha value is -2.34. The number of fused-ring (bicyclic) bond motifs is 1. The SMILES string of the molecule is CC=C(C(=O)O)C1OC(c2ccccc2Cl)c2cc(Cl)ccc2N(C(C)C)C1=O. The lowest BCUT2D eigenvalue weighted by molar-refractivity contribution is -0.139. The third kappa shape index (κ3) is 4.04. The fourth-order valence-electron chi connectivity index (χ4n) is 3.52. The molecule has 0 fully saturated rings. The molecule has 2 atom stereocenters. The minimum atomic E-state index is -1.30. The molecule has 2 aromatic rings. The van der Waals surface area contributed by atoms with Crippen molar-refractivity contribution in [3.63, 3.8) is 0 Å². The van der Waals surface area contributed by atoms with Crippen LogP contribution >= 0.6 is 23.2 Å². The highest BCUT2D eigenvalue weighted by Crippen LogP contribution is 2.42. The van der Waals surface area contributed by atoms with Crippen molar-refractivity contribution in [2.75, 3.05) is 4.90 Å². The Morgan fingerprint density at radius 2 is 1.86 bits per heavy atom. The average molecular weight is 434 g/mol. The van der Waals surface area contributed by atoms with Crippen LogP contribution in [0.2, 0.25) is 10.0 Å². The quantitative estimate of drug-likeness (QED) is 0.668. The number of carbonyl (C=O) groups is 2. The first-order valence-electron chi connectivity index (χ1n) is 9.18. The van der Waals surface area contributed by atoms with Crippen molar-refractivity contribution in [1.29, 1.82) is 0 Å². The van der Waals surface area contributed by atoms with E-state index >= 15 is 0 Å². The second-order valence-electron chi connectivity index (χ2n) is 6.97. The zero-order chi connectivity index (χ0) is 21.3. The van der Waals surface area contributed by atoms with Crippen molar-refractivity contribution in [3.8, 4) is 0 Å². The molecule has 2 aromatic carbocycles. The van der Waals surface area contributed by atoms with Gasteiger partial charge in [0.05, 0.1) is 11.3 Å². The predicted molar refractivity (Wildman–Crippen MR) is 114 cm³/mol. The summed E-state index contributed by atoms with van der Waals surface area (Å²) in [5, 5.41) is 10.6. The molecule has 0 radical (unpaired) electrons. The minimum absolute atomic E-state index is 0.128. The number of carbonyl (C=O) groups excluding carboxylic acids is 1. The van der Waals surface area contributed by atoms with E-state index in [4.69, 9.17) is 27.9 Å². The molecule has 5 nitrogen and oxygen atoms in total. The number of halogens is 2. The fraction of sp³-hybridized carbons (Fsp3) is 0.273. The molecule has 1 aliphatic rings. The van der Waals surface area contributed by atoms with E-state index in [1.165, 1.54) is 6.08 Å². The summed E-state index contributed by atoms with van der Waals surface area (Å²) in [5.74, 6) is -1.66. The average Bonchev–Trinajstić information content (AvgIpc) is 2.77. The maximum atomic E-state index is 13.4. The molecule has 1 aliphatic heterocycles. The van der Waals surface area contributed by atoms with Gasteiger partial charge in [0.2, 0.25) is 0 Å². The Bertz CT molecular complexity index is 987. The van der Waals surface area contributed by atoms with Gasteiger partial charge in [-0.05, 0) is 45.0 Å². The molecule has 0 bridgehead atoms. The van der Waals surface area contributed by atoms with Gasteiger partial charge in [-0.3, -0.25) is 4.79 Å². The molecule has 1 amide bonds. The number of ether oxygens (including phenoxy) is 1. The number of rotatable bonds is 4. The molecule has 0 spiro atoms. The second kappa shape index (κ2) is 8.57. The number of anilines is 1. The first-order valence-corrected chi connectivity index (χ1v) is 9.93. The van der Waals surface area contributed by atoms with E-state index in [1.807, 2.05) is 19.9 Å². The second-order valence-corrected chi connectivity index (χ2v) is 7.82. The monoisotopic (exact) mass is 433 g/mol. The summed E-state index contributed by atoms with van der Waals surface area (Å²) in [4.78, 5) is 26.8. The number of nitrogens with zero attached hydrogens (tertiary/aromatic N) is 1. The van der Waals surface area contributed by atoms with E-state index in [0.29, 0.717) is 26.9 Å². The fourth-order valence-corrected chi connectivity index (χ4v) is 3.94. The highest BCUT2D eigenvalue weighted by molar-refractivity contribution is 6.31. The third-order valence-electron chi connectivity index (χ3n) is 4.81. The summed E-state index contributed by atoms with van der Waals surface area (Å²) >= 11 is 12.7. The molecule has 1 heterocycles. The van der Waals surface area contributed by atoms with Gasteiger partial charge in [0, 0.05) is 27.2 Å². The van der Waals surface area contributed by atoms with Crippen LogP contribution in [0.15, 0.2) is 54.1 Å². The standard InChI is InChI=1S/C22H21Cl2NO4/c1-4-14(22(27)28)20-21(26)25(12(2)3)18-10-9-13(23)11-16(18)19(29-20)15-7-5-6-8-17(15)24/h4-12,19-20H,1-3H3,(H,27,28). The predicted octanol–water partition coefficient (Wildman–Crippen LogP) is 5.25. The molecule has 2 unspecified atom stereocenters. The molecule has 29 heavy (non-hydrogen) atoms. The molecule has 0 aromatic heterocycles. The lowest BCUT2D eigenvalue weighted by Crippen LogP contribution is -2.45. The number of hydrogen-bond donors (Lipinski definition) is 1. The van der Waals surface area contributed by atoms with Crippen LogP contribution in [0, 0.1) is 0 Å². The van der Waals surface area contributed by atoms with Crippen LogP contribution < -0.4 is 4.90 Å². The van der Waals surface area contributed by atoms with E-state index in [2.05, 4.69) is 0 Å².